The van der Waals surface area contributed by atoms with E-state index in [0.717, 1.165) is 22.2 Å². The van der Waals surface area contributed by atoms with Gasteiger partial charge in [0.1, 0.15) is 18.9 Å². The Morgan fingerprint density at radius 2 is 1.82 bits per heavy atom. The van der Waals surface area contributed by atoms with E-state index in [2.05, 4.69) is 4.74 Å². The molecule has 2 aromatic carbocycles. The fourth-order valence-electron chi connectivity index (χ4n) is 2.55. The van der Waals surface area contributed by atoms with E-state index in [9.17, 15) is 14.4 Å². The number of para-hydroxylation sites is 1. The second-order valence-corrected chi connectivity index (χ2v) is 7.15. The molecule has 7 heteroatoms. The number of amides is 2. The maximum atomic E-state index is 12.5. The first-order valence-electron chi connectivity index (χ1n) is 8.57. The van der Waals surface area contributed by atoms with Crippen LogP contribution < -0.4 is 4.74 Å². The van der Waals surface area contributed by atoms with Gasteiger partial charge in [-0.1, -0.05) is 48.0 Å². The largest absolute Gasteiger partial charge is 0.488 e. The first-order valence-corrected chi connectivity index (χ1v) is 9.39. The van der Waals surface area contributed by atoms with Gasteiger partial charge in [0.05, 0.1) is 12.0 Å². The summed E-state index contributed by atoms with van der Waals surface area (Å²) >= 11 is 0.789. The average molecular weight is 397 g/mol. The molecule has 0 atom stereocenters. The number of imide groups is 1. The molecule has 144 valence electrons. The number of rotatable bonds is 6. The summed E-state index contributed by atoms with van der Waals surface area (Å²) in [6, 6.07) is 15.3. The second-order valence-electron chi connectivity index (χ2n) is 6.16. The van der Waals surface area contributed by atoms with Crippen molar-refractivity contribution in [2.24, 2.45) is 0 Å². The number of methoxy groups -OCH3 is 1. The van der Waals surface area contributed by atoms with Crippen LogP contribution in [0.5, 0.6) is 5.75 Å². The molecule has 0 bridgehead atoms. The summed E-state index contributed by atoms with van der Waals surface area (Å²) < 4.78 is 10.4. The van der Waals surface area contributed by atoms with Gasteiger partial charge < -0.3 is 9.47 Å². The molecule has 1 aliphatic rings. The zero-order valence-electron chi connectivity index (χ0n) is 15.5. The molecule has 1 aliphatic heterocycles. The van der Waals surface area contributed by atoms with Crippen molar-refractivity contribution in [2.75, 3.05) is 13.7 Å². The first kappa shape index (κ1) is 19.7. The molecule has 28 heavy (non-hydrogen) atoms. The van der Waals surface area contributed by atoms with Crippen LogP contribution >= 0.6 is 11.8 Å². The number of hydrogen-bond acceptors (Lipinski definition) is 6. The van der Waals surface area contributed by atoms with Gasteiger partial charge in [-0.3, -0.25) is 19.3 Å². The lowest BCUT2D eigenvalue weighted by molar-refractivity contribution is -0.143. The van der Waals surface area contributed by atoms with E-state index < -0.39 is 23.7 Å². The van der Waals surface area contributed by atoms with Gasteiger partial charge in [0, 0.05) is 5.56 Å². The van der Waals surface area contributed by atoms with Gasteiger partial charge in [0.2, 0.25) is 0 Å². The summed E-state index contributed by atoms with van der Waals surface area (Å²) in [6.45, 7) is 2.01. The Hall–Kier alpha value is -3.06. The average Bonchev–Trinajstić information content (AvgIpc) is 2.95. The maximum Gasteiger partial charge on any atom is 0.325 e. The molecule has 1 fully saturated rings. The van der Waals surface area contributed by atoms with Crippen LogP contribution in [-0.2, 0) is 20.9 Å². The van der Waals surface area contributed by atoms with Crippen molar-refractivity contribution in [1.29, 1.82) is 0 Å². The van der Waals surface area contributed by atoms with Crippen molar-refractivity contribution in [3.63, 3.8) is 0 Å². The van der Waals surface area contributed by atoms with Gasteiger partial charge in [-0.2, -0.15) is 0 Å². The van der Waals surface area contributed by atoms with E-state index in [1.165, 1.54) is 12.7 Å². The summed E-state index contributed by atoms with van der Waals surface area (Å²) in [5, 5.41) is -0.500. The molecule has 2 amide bonds. The zero-order chi connectivity index (χ0) is 20.1. The van der Waals surface area contributed by atoms with Crippen molar-refractivity contribution in [3.8, 4) is 5.75 Å². The zero-order valence-corrected chi connectivity index (χ0v) is 16.3. The van der Waals surface area contributed by atoms with Gasteiger partial charge in [-0.25, -0.2) is 0 Å². The minimum atomic E-state index is -0.648. The molecule has 0 aromatic heterocycles. The predicted molar refractivity (Wildman–Crippen MR) is 107 cm³/mol. The highest BCUT2D eigenvalue weighted by Gasteiger charge is 2.36. The fraction of sp³-hybridized carbons (Fsp3) is 0.190. The van der Waals surface area contributed by atoms with E-state index in [0.29, 0.717) is 17.9 Å². The number of benzene rings is 2. The Balaban J connectivity index is 1.77. The van der Waals surface area contributed by atoms with Crippen LogP contribution in [0, 0.1) is 6.92 Å². The minimum absolute atomic E-state index is 0.236. The molecule has 6 nitrogen and oxygen atoms in total. The van der Waals surface area contributed by atoms with E-state index >= 15 is 0 Å². The molecule has 0 spiro atoms. The molecule has 0 N–H and O–H groups in total. The molecule has 2 aromatic rings. The standard InChI is InChI=1S/C21H19NO5S/c1-14-7-9-15(10-8-14)13-27-17-6-4-3-5-16(17)11-18-20(24)22(21(25)28-18)12-19(23)26-2/h3-11H,12-13H2,1-2H3/b18-11-. The molecule has 1 heterocycles. The number of nitrogens with zero attached hydrogens (tertiary/aromatic N) is 1. The minimum Gasteiger partial charge on any atom is -0.488 e. The highest BCUT2D eigenvalue weighted by molar-refractivity contribution is 8.18. The third-order valence-electron chi connectivity index (χ3n) is 4.11. The van der Waals surface area contributed by atoms with E-state index in [1.54, 1.807) is 18.2 Å². The predicted octanol–water partition coefficient (Wildman–Crippen LogP) is 3.78. The van der Waals surface area contributed by atoms with Gasteiger partial charge in [0.15, 0.2) is 0 Å². The van der Waals surface area contributed by atoms with Crippen LogP contribution in [0.3, 0.4) is 0 Å². The fourth-order valence-corrected chi connectivity index (χ4v) is 3.38. The summed E-state index contributed by atoms with van der Waals surface area (Å²) in [5.74, 6) is -0.568. The lowest BCUT2D eigenvalue weighted by atomic mass is 10.1. The Morgan fingerprint density at radius 3 is 2.54 bits per heavy atom. The van der Waals surface area contributed by atoms with E-state index in [4.69, 9.17) is 4.74 Å². The molecule has 3 rings (SSSR count). The highest BCUT2D eigenvalue weighted by Crippen LogP contribution is 2.34. The Labute approximate surface area is 167 Å². The number of carbonyl (C=O) groups excluding carboxylic acids is 3. The van der Waals surface area contributed by atoms with Crippen molar-refractivity contribution in [1.82, 2.24) is 4.90 Å². The number of ether oxygens (including phenoxy) is 2. The van der Waals surface area contributed by atoms with Crippen LogP contribution in [0.4, 0.5) is 4.79 Å². The molecule has 0 saturated carbocycles. The van der Waals surface area contributed by atoms with Crippen molar-refractivity contribution < 1.29 is 23.9 Å². The lowest BCUT2D eigenvalue weighted by Crippen LogP contribution is -2.34. The molecular weight excluding hydrogens is 378 g/mol. The SMILES string of the molecule is COC(=O)CN1C(=O)S/C(=C\c2ccccc2OCc2ccc(C)cc2)C1=O. The number of hydrogen-bond donors (Lipinski definition) is 0. The van der Waals surface area contributed by atoms with Gasteiger partial charge >= 0.3 is 5.97 Å². The molecule has 0 radical (unpaired) electrons. The third kappa shape index (κ3) is 4.61. The van der Waals surface area contributed by atoms with Crippen molar-refractivity contribution in [2.45, 2.75) is 13.5 Å². The monoisotopic (exact) mass is 397 g/mol. The van der Waals surface area contributed by atoms with Crippen LogP contribution in [0.25, 0.3) is 6.08 Å². The molecule has 0 aliphatic carbocycles. The number of esters is 1. The van der Waals surface area contributed by atoms with Crippen molar-refractivity contribution in [3.05, 3.63) is 70.1 Å². The number of aryl methyl sites for hydroxylation is 1. The van der Waals surface area contributed by atoms with Crippen LogP contribution in [-0.4, -0.2) is 35.7 Å². The summed E-state index contributed by atoms with van der Waals surface area (Å²) in [6.07, 6.45) is 1.60. The molecule has 0 unspecified atom stereocenters. The van der Waals surface area contributed by atoms with Crippen LogP contribution in [0.15, 0.2) is 53.4 Å². The van der Waals surface area contributed by atoms with Gasteiger partial charge in [0.25, 0.3) is 11.1 Å². The molecule has 1 saturated heterocycles. The van der Waals surface area contributed by atoms with E-state index in [-0.39, 0.29) is 4.91 Å². The highest BCUT2D eigenvalue weighted by atomic mass is 32.2. The Morgan fingerprint density at radius 1 is 1.11 bits per heavy atom. The first-order chi connectivity index (χ1) is 13.5. The summed E-state index contributed by atoms with van der Waals surface area (Å²) in [7, 11) is 1.21. The third-order valence-corrected chi connectivity index (χ3v) is 5.02. The Kier molecular flexibility index (Phi) is 6.16. The topological polar surface area (TPSA) is 72.9 Å². The summed E-state index contributed by atoms with van der Waals surface area (Å²) in [5.41, 5.74) is 2.88. The van der Waals surface area contributed by atoms with Crippen molar-refractivity contribution >= 4 is 35.0 Å². The number of thioether (sulfide) groups is 1. The van der Waals surface area contributed by atoms with Crippen LogP contribution in [0.2, 0.25) is 0 Å². The normalized spacial score (nSPS) is 15.2. The second kappa shape index (κ2) is 8.75. The smallest absolute Gasteiger partial charge is 0.325 e. The lowest BCUT2D eigenvalue weighted by Gasteiger charge is -2.11. The van der Waals surface area contributed by atoms with Gasteiger partial charge in [-0.05, 0) is 36.4 Å². The van der Waals surface area contributed by atoms with Crippen LogP contribution in [0.1, 0.15) is 16.7 Å². The van der Waals surface area contributed by atoms with Gasteiger partial charge in [-0.15, -0.1) is 0 Å². The van der Waals surface area contributed by atoms with E-state index in [1.807, 2.05) is 43.3 Å². The quantitative estimate of drug-likeness (QED) is 0.546. The molecular formula is C21H19NO5S. The Bertz CT molecular complexity index is 936. The summed E-state index contributed by atoms with van der Waals surface area (Å²) in [4.78, 5) is 37.0. The maximum absolute atomic E-state index is 12.5. The number of carbonyl (C=O) groups is 3.